The van der Waals surface area contributed by atoms with Crippen LogP contribution in [0.2, 0.25) is 5.15 Å². The highest BCUT2D eigenvalue weighted by Crippen LogP contribution is 2.26. The third kappa shape index (κ3) is 5.43. The number of hydrogen-bond donors (Lipinski definition) is 0. The number of halogens is 1. The van der Waals surface area contributed by atoms with Crippen molar-refractivity contribution < 1.29 is 14.3 Å². The maximum absolute atomic E-state index is 11.7. The van der Waals surface area contributed by atoms with Crippen molar-refractivity contribution in [3.05, 3.63) is 46.6 Å². The number of ether oxygens (including phenoxy) is 1. The van der Waals surface area contributed by atoms with E-state index >= 15 is 0 Å². The van der Waals surface area contributed by atoms with Gasteiger partial charge >= 0.3 is 5.97 Å². The van der Waals surface area contributed by atoms with Gasteiger partial charge in [0, 0.05) is 37.8 Å². The van der Waals surface area contributed by atoms with Crippen LogP contribution in [0, 0.1) is 0 Å². The highest BCUT2D eigenvalue weighted by Gasteiger charge is 2.18. The minimum absolute atomic E-state index is 0.285. The number of ketones is 1. The van der Waals surface area contributed by atoms with Gasteiger partial charge in [0.15, 0.2) is 5.16 Å². The molecule has 6 nitrogen and oxygen atoms in total. The number of benzene rings is 1. The molecular weight excluding hydrogens is 386 g/mol. The Labute approximate surface area is 167 Å². The van der Waals surface area contributed by atoms with Gasteiger partial charge in [0.05, 0.1) is 12.2 Å². The number of Topliss-reactive ketones (excluding diaryl/α,β-unsaturated/α-hetero) is 1. The smallest absolute Gasteiger partial charge is 0.338 e. The second kappa shape index (κ2) is 9.19. The maximum Gasteiger partial charge on any atom is 0.338 e. The summed E-state index contributed by atoms with van der Waals surface area (Å²) in [5.74, 6) is 1.37. The Kier molecular flexibility index (Phi) is 6.68. The van der Waals surface area contributed by atoms with E-state index in [1.54, 1.807) is 25.1 Å². The number of anilines is 1. The van der Waals surface area contributed by atoms with Crippen LogP contribution in [0.1, 0.15) is 35.7 Å². The summed E-state index contributed by atoms with van der Waals surface area (Å²) in [5.41, 5.74) is 1.58. The number of carbonyl (C=O) groups is 2. The number of thioether (sulfide) groups is 1. The van der Waals surface area contributed by atoms with Crippen molar-refractivity contribution in [1.82, 2.24) is 9.97 Å². The lowest BCUT2D eigenvalue weighted by molar-refractivity contribution is -0.119. The molecule has 8 heteroatoms. The first-order valence-corrected chi connectivity index (χ1v) is 10.1. The van der Waals surface area contributed by atoms with Crippen LogP contribution >= 0.6 is 23.4 Å². The summed E-state index contributed by atoms with van der Waals surface area (Å²) >= 11 is 7.63. The number of nitrogens with zero attached hydrogens (tertiary/aromatic N) is 3. The summed E-state index contributed by atoms with van der Waals surface area (Å²) in [5, 5.41) is 0.973. The minimum atomic E-state index is -0.320. The van der Waals surface area contributed by atoms with E-state index in [2.05, 4.69) is 14.9 Å². The zero-order chi connectivity index (χ0) is 19.2. The Bertz CT molecular complexity index is 819. The van der Waals surface area contributed by atoms with Crippen LogP contribution in [0.25, 0.3) is 0 Å². The zero-order valence-corrected chi connectivity index (χ0v) is 16.6. The number of aromatic nitrogens is 2. The van der Waals surface area contributed by atoms with Crippen LogP contribution in [0.4, 0.5) is 5.82 Å². The second-order valence-electron chi connectivity index (χ2n) is 6.06. The first kappa shape index (κ1) is 19.6. The molecule has 2 aromatic rings. The predicted molar refractivity (Wildman–Crippen MR) is 105 cm³/mol. The second-order valence-corrected chi connectivity index (χ2v) is 7.39. The fourth-order valence-electron chi connectivity index (χ4n) is 2.70. The predicted octanol–water partition coefficient (Wildman–Crippen LogP) is 3.77. The molecule has 142 valence electrons. The van der Waals surface area contributed by atoms with Gasteiger partial charge in [-0.25, -0.2) is 14.8 Å². The van der Waals surface area contributed by atoms with Gasteiger partial charge in [-0.2, -0.15) is 0 Å². The molecule has 27 heavy (non-hydrogen) atoms. The molecule has 0 unspecified atom stereocenters. The van der Waals surface area contributed by atoms with Gasteiger partial charge in [-0.05, 0) is 24.6 Å². The van der Waals surface area contributed by atoms with Crippen molar-refractivity contribution in [2.45, 2.75) is 30.7 Å². The quantitative estimate of drug-likeness (QED) is 0.313. The molecule has 1 aliphatic heterocycles. The summed E-state index contributed by atoms with van der Waals surface area (Å²) < 4.78 is 4.98. The molecule has 0 radical (unpaired) electrons. The first-order valence-electron chi connectivity index (χ1n) is 8.75. The van der Waals surface area contributed by atoms with Crippen LogP contribution in [-0.4, -0.2) is 41.4 Å². The average Bonchev–Trinajstić information content (AvgIpc) is 2.67. The topological polar surface area (TPSA) is 72.4 Å². The highest BCUT2D eigenvalue weighted by atomic mass is 35.5. The summed E-state index contributed by atoms with van der Waals surface area (Å²) in [7, 11) is 0. The van der Waals surface area contributed by atoms with Crippen molar-refractivity contribution >= 4 is 40.9 Å². The van der Waals surface area contributed by atoms with E-state index in [4.69, 9.17) is 16.3 Å². The molecule has 3 rings (SSSR count). The number of esters is 1. The fourth-order valence-corrected chi connectivity index (χ4v) is 3.73. The van der Waals surface area contributed by atoms with E-state index in [1.165, 1.54) is 11.8 Å². The van der Waals surface area contributed by atoms with Crippen molar-refractivity contribution in [1.29, 1.82) is 0 Å². The maximum atomic E-state index is 11.7. The lowest BCUT2D eigenvalue weighted by atomic mass is 10.1. The number of hydrogen-bond acceptors (Lipinski definition) is 7. The molecule has 0 N–H and O–H groups in total. The van der Waals surface area contributed by atoms with Gasteiger partial charge in [0.25, 0.3) is 0 Å². The van der Waals surface area contributed by atoms with Crippen LogP contribution < -0.4 is 4.90 Å². The van der Waals surface area contributed by atoms with E-state index in [0.717, 1.165) is 11.4 Å². The lowest BCUT2D eigenvalue weighted by Gasteiger charge is -2.27. The monoisotopic (exact) mass is 405 g/mol. The van der Waals surface area contributed by atoms with Crippen LogP contribution in [-0.2, 0) is 15.3 Å². The van der Waals surface area contributed by atoms with E-state index in [-0.39, 0.29) is 11.8 Å². The molecule has 1 saturated heterocycles. The molecule has 0 saturated carbocycles. The molecule has 0 aliphatic carbocycles. The summed E-state index contributed by atoms with van der Waals surface area (Å²) in [6, 6.07) is 9.02. The molecule has 1 aromatic heterocycles. The van der Waals surface area contributed by atoms with E-state index in [1.807, 2.05) is 12.1 Å². The van der Waals surface area contributed by atoms with E-state index in [0.29, 0.717) is 54.2 Å². The van der Waals surface area contributed by atoms with Gasteiger partial charge in [0.2, 0.25) is 0 Å². The Hall–Kier alpha value is -2.12. The number of carbonyl (C=O) groups excluding carboxylic acids is 2. The standard InChI is InChI=1S/C19H20ClN3O3S/c1-2-26-18(25)14-5-3-13(4-6-14)12-27-19-21-16(20)11-17(22-19)23-9-7-15(24)8-10-23/h3-6,11H,2,7-10,12H2,1H3. The first-order chi connectivity index (χ1) is 13.0. The van der Waals surface area contributed by atoms with Crippen LogP contribution in [0.3, 0.4) is 0 Å². The third-order valence-corrected chi connectivity index (χ3v) is 5.25. The van der Waals surface area contributed by atoms with Gasteiger partial charge in [-0.15, -0.1) is 0 Å². The fraction of sp³-hybridized carbons (Fsp3) is 0.368. The molecule has 0 spiro atoms. The van der Waals surface area contributed by atoms with Gasteiger partial charge in [0.1, 0.15) is 16.8 Å². The number of rotatable bonds is 6. The molecule has 1 fully saturated rings. The van der Waals surface area contributed by atoms with Crippen molar-refractivity contribution in [3.8, 4) is 0 Å². The molecule has 1 aromatic carbocycles. The molecule has 2 heterocycles. The van der Waals surface area contributed by atoms with Crippen molar-refractivity contribution in [3.63, 3.8) is 0 Å². The molecular formula is C19H20ClN3O3S. The van der Waals surface area contributed by atoms with Crippen LogP contribution in [0.15, 0.2) is 35.5 Å². The highest BCUT2D eigenvalue weighted by molar-refractivity contribution is 7.98. The molecule has 0 bridgehead atoms. The summed E-state index contributed by atoms with van der Waals surface area (Å²) in [6.45, 7) is 3.46. The van der Waals surface area contributed by atoms with Gasteiger partial charge in [-0.1, -0.05) is 35.5 Å². The minimum Gasteiger partial charge on any atom is -0.462 e. The largest absolute Gasteiger partial charge is 0.462 e. The van der Waals surface area contributed by atoms with Crippen LogP contribution in [0.5, 0.6) is 0 Å². The SMILES string of the molecule is CCOC(=O)c1ccc(CSc2nc(Cl)cc(N3CCC(=O)CC3)n2)cc1. The molecule has 0 amide bonds. The lowest BCUT2D eigenvalue weighted by Crippen LogP contribution is -2.34. The average molecular weight is 406 g/mol. The Morgan fingerprint density at radius 2 is 1.93 bits per heavy atom. The van der Waals surface area contributed by atoms with Crippen molar-refractivity contribution in [2.75, 3.05) is 24.6 Å². The Morgan fingerprint density at radius 3 is 2.59 bits per heavy atom. The van der Waals surface area contributed by atoms with Gasteiger partial charge in [-0.3, -0.25) is 4.79 Å². The van der Waals surface area contributed by atoms with Crippen molar-refractivity contribution in [2.24, 2.45) is 0 Å². The normalized spacial score (nSPS) is 14.3. The summed E-state index contributed by atoms with van der Waals surface area (Å²) in [6.07, 6.45) is 1.08. The number of piperidine rings is 1. The Balaban J connectivity index is 1.64. The Morgan fingerprint density at radius 1 is 1.22 bits per heavy atom. The molecule has 1 aliphatic rings. The summed E-state index contributed by atoms with van der Waals surface area (Å²) in [4.78, 5) is 34.0. The van der Waals surface area contributed by atoms with E-state index < -0.39 is 0 Å². The third-order valence-electron chi connectivity index (χ3n) is 4.14. The molecule has 0 atom stereocenters. The zero-order valence-electron chi connectivity index (χ0n) is 15.0. The van der Waals surface area contributed by atoms with E-state index in [9.17, 15) is 9.59 Å². The van der Waals surface area contributed by atoms with Gasteiger partial charge < -0.3 is 9.64 Å².